The quantitative estimate of drug-likeness (QED) is 0.162. The van der Waals surface area contributed by atoms with E-state index in [0.29, 0.717) is 0 Å². The van der Waals surface area contributed by atoms with Crippen molar-refractivity contribution < 1.29 is 18.1 Å². The molecule has 2 atom stereocenters. The molecule has 0 spiro atoms. The molecule has 4 aromatic rings. The summed E-state index contributed by atoms with van der Waals surface area (Å²) in [7, 11) is -0.470. The highest BCUT2D eigenvalue weighted by atomic mass is 31.1. The molecule has 0 heterocycles. The van der Waals surface area contributed by atoms with Crippen LogP contribution in [0.25, 0.3) is 11.1 Å². The van der Waals surface area contributed by atoms with Gasteiger partial charge in [-0.2, -0.15) is 0 Å². The van der Waals surface area contributed by atoms with E-state index in [4.69, 9.17) is 18.1 Å². The fourth-order valence-electron chi connectivity index (χ4n) is 5.71. The first-order valence-electron chi connectivity index (χ1n) is 17.7. The molecule has 6 heteroatoms. The van der Waals surface area contributed by atoms with Crippen LogP contribution in [0.5, 0.6) is 23.0 Å². The summed E-state index contributed by atoms with van der Waals surface area (Å²) in [5, 5.41) is 0. The van der Waals surface area contributed by atoms with Gasteiger partial charge in [-0.1, -0.05) is 119 Å². The minimum Gasteiger partial charge on any atom is -0.440 e. The smallest absolute Gasteiger partial charge is 0.275 e. The maximum Gasteiger partial charge on any atom is 0.275 e. The van der Waals surface area contributed by atoms with Crippen LogP contribution in [0.1, 0.15) is 128 Å². The second-order valence-electron chi connectivity index (χ2n) is 17.9. The summed E-state index contributed by atoms with van der Waals surface area (Å²) in [5.41, 5.74) is 10.6. The molecule has 0 aliphatic heterocycles. The van der Waals surface area contributed by atoms with Crippen LogP contribution >= 0.6 is 18.1 Å². The van der Waals surface area contributed by atoms with Gasteiger partial charge in [0.15, 0.2) is 0 Å². The normalized spacial score (nSPS) is 13.0. The fraction of sp³-hybridized carbons (Fsp3) is 0.455. The topological polar surface area (TPSA) is 36.9 Å². The molecule has 0 N–H and O–H groups in total. The molecule has 50 heavy (non-hydrogen) atoms. The minimum atomic E-state index is -0.235. The maximum atomic E-state index is 6.85. The van der Waals surface area contributed by atoms with Gasteiger partial charge in [-0.05, 0) is 107 Å². The molecule has 0 aromatic heterocycles. The lowest BCUT2D eigenvalue weighted by Gasteiger charge is -2.32. The number of benzene rings is 4. The second kappa shape index (κ2) is 14.9. The number of hydrogen-bond acceptors (Lipinski definition) is 4. The molecule has 0 amide bonds. The van der Waals surface area contributed by atoms with Gasteiger partial charge in [-0.15, -0.1) is 0 Å². The number of rotatable bonds is 9. The minimum absolute atomic E-state index is 0.103. The van der Waals surface area contributed by atoms with Crippen molar-refractivity contribution in [3.8, 4) is 34.1 Å². The number of hydrogen-bond donors (Lipinski definition) is 0. The Balaban J connectivity index is 2.00. The van der Waals surface area contributed by atoms with E-state index >= 15 is 0 Å². The van der Waals surface area contributed by atoms with E-state index in [1.807, 2.05) is 0 Å². The predicted molar refractivity (Wildman–Crippen MR) is 218 cm³/mol. The van der Waals surface area contributed by atoms with Gasteiger partial charge in [0, 0.05) is 22.3 Å². The second-order valence-corrected chi connectivity index (χ2v) is 19.1. The van der Waals surface area contributed by atoms with Gasteiger partial charge in [-0.3, -0.25) is 0 Å². The average molecular weight is 715 g/mol. The highest BCUT2D eigenvalue weighted by Gasteiger charge is 2.32. The summed E-state index contributed by atoms with van der Waals surface area (Å²) in [6.07, 6.45) is 0. The van der Waals surface area contributed by atoms with Gasteiger partial charge in [0.2, 0.25) is 0 Å². The third-order valence-corrected chi connectivity index (χ3v) is 10.3. The molecule has 270 valence electrons. The lowest BCUT2D eigenvalue weighted by Crippen LogP contribution is -2.19. The molecule has 0 bridgehead atoms. The Kier molecular flexibility index (Phi) is 11.8. The lowest BCUT2D eigenvalue weighted by atomic mass is 9.75. The highest BCUT2D eigenvalue weighted by molar-refractivity contribution is 7.27. The van der Waals surface area contributed by atoms with Crippen molar-refractivity contribution in [2.45, 2.75) is 132 Å². The molecule has 0 aliphatic carbocycles. The van der Waals surface area contributed by atoms with Crippen LogP contribution in [0.2, 0.25) is 0 Å². The third-order valence-electron chi connectivity index (χ3n) is 9.09. The third kappa shape index (κ3) is 9.63. The van der Waals surface area contributed by atoms with E-state index in [0.717, 1.165) is 67.5 Å². The van der Waals surface area contributed by atoms with Crippen LogP contribution in [0.4, 0.5) is 0 Å². The standard InChI is InChI=1S/C44H60O4P2/c1-27-17-19-29(3)37(21-27)45-49-47-39-33(23-31(41(5,6)7)25-35(39)43(11,12)13)34-24-32(42(8,9)10)26-36(44(14,15)16)40(34)48-50-46-38-22-28(2)18-20-30(38)4/h17-26,49-50H,1-16H3. The molecule has 4 rings (SSSR count). The molecule has 4 nitrogen and oxygen atoms in total. The Hall–Kier alpha value is -3.06. The van der Waals surface area contributed by atoms with Crippen molar-refractivity contribution in [3.63, 3.8) is 0 Å². The molecule has 0 fully saturated rings. The van der Waals surface area contributed by atoms with Crippen molar-refractivity contribution in [1.82, 2.24) is 0 Å². The van der Waals surface area contributed by atoms with E-state index in [2.05, 4.69) is 171 Å². The Bertz CT molecular complexity index is 1690. The molecule has 4 aromatic carbocycles. The van der Waals surface area contributed by atoms with Gasteiger partial charge in [-0.25, -0.2) is 0 Å². The first kappa shape index (κ1) is 39.7. The summed E-state index contributed by atoms with van der Waals surface area (Å²) in [6, 6.07) is 21.8. The van der Waals surface area contributed by atoms with Gasteiger partial charge in [0.05, 0.1) is 0 Å². The fourth-order valence-corrected chi connectivity index (χ4v) is 7.02. The Morgan fingerprint density at radius 3 is 1.04 bits per heavy atom. The van der Waals surface area contributed by atoms with Crippen molar-refractivity contribution >= 4 is 18.1 Å². The molecular formula is C44H60O4P2. The maximum absolute atomic E-state index is 6.85. The molecule has 0 saturated heterocycles. The summed E-state index contributed by atoms with van der Waals surface area (Å²) < 4.78 is 26.4. The largest absolute Gasteiger partial charge is 0.440 e. The van der Waals surface area contributed by atoms with Crippen molar-refractivity contribution in [3.05, 3.63) is 105 Å². The first-order chi connectivity index (χ1) is 23.0. The van der Waals surface area contributed by atoms with Crippen molar-refractivity contribution in [2.24, 2.45) is 0 Å². The zero-order chi connectivity index (χ0) is 37.4. The zero-order valence-corrected chi connectivity index (χ0v) is 35.4. The molecule has 0 radical (unpaired) electrons. The van der Waals surface area contributed by atoms with Gasteiger partial charge in [0.25, 0.3) is 18.1 Å². The molecule has 0 aliphatic rings. The zero-order valence-electron chi connectivity index (χ0n) is 33.4. The van der Waals surface area contributed by atoms with Crippen LogP contribution < -0.4 is 18.1 Å². The van der Waals surface area contributed by atoms with Crippen molar-refractivity contribution in [2.75, 3.05) is 0 Å². The van der Waals surface area contributed by atoms with Crippen LogP contribution in [0, 0.1) is 27.7 Å². The summed E-state index contributed by atoms with van der Waals surface area (Å²) in [4.78, 5) is 0. The van der Waals surface area contributed by atoms with Crippen LogP contribution in [0.3, 0.4) is 0 Å². The molecule has 0 saturated carbocycles. The molecular weight excluding hydrogens is 654 g/mol. The summed E-state index contributed by atoms with van der Waals surface area (Å²) in [6.45, 7) is 35.4. The van der Waals surface area contributed by atoms with E-state index < -0.39 is 0 Å². The van der Waals surface area contributed by atoms with Crippen molar-refractivity contribution in [1.29, 1.82) is 0 Å². The van der Waals surface area contributed by atoms with E-state index in [1.165, 1.54) is 11.1 Å². The van der Waals surface area contributed by atoms with E-state index in [9.17, 15) is 0 Å². The van der Waals surface area contributed by atoms with Gasteiger partial charge < -0.3 is 18.1 Å². The Morgan fingerprint density at radius 2 is 0.740 bits per heavy atom. The van der Waals surface area contributed by atoms with Crippen LogP contribution in [-0.4, -0.2) is 0 Å². The predicted octanol–water partition coefficient (Wildman–Crippen LogP) is 13.7. The average Bonchev–Trinajstić information content (AvgIpc) is 2.98. The highest BCUT2D eigenvalue weighted by Crippen LogP contribution is 2.51. The Labute approximate surface area is 307 Å². The lowest BCUT2D eigenvalue weighted by molar-refractivity contribution is 0.484. The van der Waals surface area contributed by atoms with Crippen LogP contribution in [-0.2, 0) is 21.7 Å². The Morgan fingerprint density at radius 1 is 0.400 bits per heavy atom. The van der Waals surface area contributed by atoms with E-state index in [-0.39, 0.29) is 39.7 Å². The molecule has 2 unspecified atom stereocenters. The SMILES string of the molecule is Cc1ccc(C)c(OPOc2c(-c3cc(C(C)(C)C)cc(C(C)(C)C)c3OPOc3cc(C)ccc3C)cc(C(C)(C)C)cc2C(C)(C)C)c1. The van der Waals surface area contributed by atoms with Gasteiger partial charge >= 0.3 is 0 Å². The van der Waals surface area contributed by atoms with Crippen LogP contribution in [0.15, 0.2) is 60.7 Å². The van der Waals surface area contributed by atoms with Gasteiger partial charge in [0.1, 0.15) is 23.0 Å². The van der Waals surface area contributed by atoms with E-state index in [1.54, 1.807) is 0 Å². The summed E-state index contributed by atoms with van der Waals surface area (Å²) in [5.74, 6) is 3.33. The summed E-state index contributed by atoms with van der Waals surface area (Å²) >= 11 is 0. The number of aryl methyl sites for hydroxylation is 4. The monoisotopic (exact) mass is 714 g/mol. The first-order valence-corrected chi connectivity index (χ1v) is 19.3.